The minimum Gasteiger partial charge on any atom is -0.368 e. The number of aromatic nitrogens is 7. The molecular weight excluding hydrogens is 509 g/mol. The van der Waals surface area contributed by atoms with Crippen LogP contribution in [0.3, 0.4) is 0 Å². The van der Waals surface area contributed by atoms with E-state index in [0.29, 0.717) is 35.1 Å². The minimum absolute atomic E-state index is 0.0727. The fraction of sp³-hybridized carbons (Fsp3) is 0.308. The number of nitrogens with one attached hydrogen (secondary N) is 2. The molecule has 6 rings (SSSR count). The van der Waals surface area contributed by atoms with Crippen molar-refractivity contribution in [2.24, 2.45) is 0 Å². The zero-order chi connectivity index (χ0) is 26.2. The van der Waals surface area contributed by atoms with Crippen LogP contribution < -0.4 is 5.32 Å². The molecule has 4 aromatic rings. The number of hydrogen-bond donors (Lipinski definition) is 2. The van der Waals surface area contributed by atoms with E-state index < -0.39 is 5.82 Å². The highest BCUT2D eigenvalue weighted by Gasteiger charge is 2.40. The van der Waals surface area contributed by atoms with Crippen molar-refractivity contribution < 1.29 is 9.18 Å². The Balaban J connectivity index is 1.31. The van der Waals surface area contributed by atoms with Gasteiger partial charge in [0, 0.05) is 41.0 Å². The fourth-order valence-corrected chi connectivity index (χ4v) is 5.59. The summed E-state index contributed by atoms with van der Waals surface area (Å²) in [6.45, 7) is 2.44. The Bertz CT molecular complexity index is 1520. The van der Waals surface area contributed by atoms with Gasteiger partial charge in [0.25, 0.3) is 0 Å². The van der Waals surface area contributed by atoms with E-state index in [0.717, 1.165) is 36.1 Å². The Morgan fingerprint density at radius 1 is 1.18 bits per heavy atom. The Morgan fingerprint density at radius 3 is 2.89 bits per heavy atom. The molecule has 2 aliphatic rings. The van der Waals surface area contributed by atoms with Crippen molar-refractivity contribution in [1.82, 2.24) is 40.1 Å². The van der Waals surface area contributed by atoms with E-state index in [2.05, 4.69) is 35.8 Å². The largest absolute Gasteiger partial charge is 0.368 e. The fourth-order valence-electron chi connectivity index (χ4n) is 5.42. The maximum Gasteiger partial charge on any atom is 0.247 e. The van der Waals surface area contributed by atoms with Crippen LogP contribution in [0.25, 0.3) is 22.5 Å². The summed E-state index contributed by atoms with van der Waals surface area (Å²) in [7, 11) is 0. The number of carbonyl (C=O) groups excluding carboxylic acids is 1. The number of nitrogens with zero attached hydrogens (tertiary/aromatic N) is 7. The smallest absolute Gasteiger partial charge is 0.247 e. The molecule has 1 amide bonds. The van der Waals surface area contributed by atoms with Crippen LogP contribution in [0.4, 0.5) is 10.2 Å². The second-order valence-electron chi connectivity index (χ2n) is 9.35. The Kier molecular flexibility index (Phi) is 6.36. The van der Waals surface area contributed by atoms with Crippen LogP contribution in [0.1, 0.15) is 50.0 Å². The summed E-state index contributed by atoms with van der Waals surface area (Å²) < 4.78 is 16.6. The van der Waals surface area contributed by atoms with Gasteiger partial charge < -0.3 is 15.2 Å². The molecule has 12 heteroatoms. The van der Waals surface area contributed by atoms with Crippen LogP contribution >= 0.6 is 11.6 Å². The van der Waals surface area contributed by atoms with Gasteiger partial charge in [-0.1, -0.05) is 11.6 Å². The van der Waals surface area contributed by atoms with Crippen molar-refractivity contribution in [3.05, 3.63) is 71.3 Å². The Hall–Kier alpha value is -4.12. The lowest BCUT2D eigenvalue weighted by Crippen LogP contribution is -2.35. The van der Waals surface area contributed by atoms with Gasteiger partial charge in [0.15, 0.2) is 11.6 Å². The minimum atomic E-state index is -0.438. The summed E-state index contributed by atoms with van der Waals surface area (Å²) in [5.41, 5.74) is 3.38. The lowest BCUT2D eigenvalue weighted by Gasteiger charge is -2.27. The van der Waals surface area contributed by atoms with E-state index in [1.807, 2.05) is 24.0 Å². The molecule has 2 atom stereocenters. The zero-order valence-electron chi connectivity index (χ0n) is 20.6. The average molecular weight is 534 g/mol. The van der Waals surface area contributed by atoms with Gasteiger partial charge in [0.1, 0.15) is 12.2 Å². The summed E-state index contributed by atoms with van der Waals surface area (Å²) in [5.74, 6) is 0.317. The standard InChI is InChI=1S/C26H25ClFN9O/c1-2-29-26-24(28)18(9-10-30-26)20-13-31-25(33-20)22-8-6-17-5-3-15(11-23(38)37(17)22)19-12-16(27)4-7-21(19)36-14-32-34-35-36/h4,7,9-14,17,22H,2-3,5-6,8H2,1H3,(H,29,30)(H,31,33)/t17-,22-/m0/s1. The SMILES string of the molecule is CCNc1nccc(-c2cnc([C@@H]3CC[C@@H]4CCC(c5cc(Cl)ccc5-n5cnnn5)=CC(=O)N43)[nH]2)c1F. The summed E-state index contributed by atoms with van der Waals surface area (Å²) in [4.78, 5) is 27.5. The number of hydrogen-bond acceptors (Lipinski definition) is 7. The van der Waals surface area contributed by atoms with Crippen molar-refractivity contribution in [2.75, 3.05) is 11.9 Å². The molecule has 0 radical (unpaired) electrons. The number of amides is 1. The molecule has 3 aromatic heterocycles. The van der Waals surface area contributed by atoms with E-state index in [1.54, 1.807) is 35.3 Å². The van der Waals surface area contributed by atoms with Crippen molar-refractivity contribution in [3.8, 4) is 16.9 Å². The predicted molar refractivity (Wildman–Crippen MR) is 140 cm³/mol. The normalized spacial score (nSPS) is 19.3. The molecule has 0 aliphatic carbocycles. The van der Waals surface area contributed by atoms with Crippen LogP contribution in [0.5, 0.6) is 0 Å². The summed E-state index contributed by atoms with van der Waals surface area (Å²) >= 11 is 6.33. The van der Waals surface area contributed by atoms with E-state index in [1.165, 1.54) is 6.33 Å². The first kappa shape index (κ1) is 24.2. The van der Waals surface area contributed by atoms with E-state index >= 15 is 4.39 Å². The van der Waals surface area contributed by atoms with Gasteiger partial charge in [0.05, 0.1) is 23.6 Å². The second kappa shape index (κ2) is 9.97. The van der Waals surface area contributed by atoms with Gasteiger partial charge in [-0.2, -0.15) is 4.68 Å². The number of aromatic amines is 1. The quantitative estimate of drug-likeness (QED) is 0.372. The van der Waals surface area contributed by atoms with Crippen LogP contribution in [0.15, 0.2) is 49.1 Å². The highest BCUT2D eigenvalue weighted by Crippen LogP contribution is 2.42. The van der Waals surface area contributed by atoms with Crippen LogP contribution in [0.2, 0.25) is 5.02 Å². The number of H-pyrrole nitrogens is 1. The molecule has 0 unspecified atom stereocenters. The van der Waals surface area contributed by atoms with Gasteiger partial charge >= 0.3 is 0 Å². The predicted octanol–water partition coefficient (Wildman–Crippen LogP) is 4.58. The highest BCUT2D eigenvalue weighted by molar-refractivity contribution is 6.30. The topological polar surface area (TPSA) is 118 Å². The molecule has 0 bridgehead atoms. The third-order valence-electron chi connectivity index (χ3n) is 7.14. The number of carbonyl (C=O) groups is 1. The zero-order valence-corrected chi connectivity index (χ0v) is 21.4. The number of fused-ring (bicyclic) bond motifs is 1. The molecule has 1 saturated heterocycles. The first-order valence-corrected chi connectivity index (χ1v) is 12.9. The van der Waals surface area contributed by atoms with Gasteiger partial charge in [-0.3, -0.25) is 4.79 Å². The Morgan fingerprint density at radius 2 is 2.08 bits per heavy atom. The molecule has 1 fully saturated rings. The second-order valence-corrected chi connectivity index (χ2v) is 9.79. The number of tetrazole rings is 1. The first-order valence-electron chi connectivity index (χ1n) is 12.5. The lowest BCUT2D eigenvalue weighted by molar-refractivity contribution is -0.128. The summed E-state index contributed by atoms with van der Waals surface area (Å²) in [6, 6.07) is 6.92. The summed E-state index contributed by atoms with van der Waals surface area (Å²) in [6.07, 6.45) is 9.52. The van der Waals surface area contributed by atoms with Gasteiger partial charge in [-0.05, 0) is 72.9 Å². The van der Waals surface area contributed by atoms with Crippen molar-refractivity contribution in [3.63, 3.8) is 0 Å². The number of rotatable bonds is 6. The molecule has 0 spiro atoms. The number of benzene rings is 1. The van der Waals surface area contributed by atoms with Crippen molar-refractivity contribution in [2.45, 2.75) is 44.7 Å². The third kappa shape index (κ3) is 4.32. The maximum absolute atomic E-state index is 15.0. The van der Waals surface area contributed by atoms with Crippen molar-refractivity contribution >= 4 is 28.9 Å². The summed E-state index contributed by atoms with van der Waals surface area (Å²) in [5, 5.41) is 15.0. The molecule has 194 valence electrons. The number of halogens is 2. The van der Waals surface area contributed by atoms with E-state index in [9.17, 15) is 4.79 Å². The maximum atomic E-state index is 15.0. The molecule has 2 aliphatic heterocycles. The lowest BCUT2D eigenvalue weighted by atomic mass is 9.97. The Labute approximate surface area is 222 Å². The van der Waals surface area contributed by atoms with Crippen LogP contribution in [-0.4, -0.2) is 58.6 Å². The molecule has 10 nitrogen and oxygen atoms in total. The molecular formula is C26H25ClFN9O. The molecule has 2 N–H and O–H groups in total. The highest BCUT2D eigenvalue weighted by atomic mass is 35.5. The van der Waals surface area contributed by atoms with Crippen LogP contribution in [-0.2, 0) is 4.79 Å². The molecule has 38 heavy (non-hydrogen) atoms. The van der Waals surface area contributed by atoms with Gasteiger partial charge in [-0.25, -0.2) is 14.4 Å². The number of allylic oxidation sites excluding steroid dienone is 1. The average Bonchev–Trinajstić information content (AvgIpc) is 3.67. The number of pyridine rings is 1. The van der Waals surface area contributed by atoms with E-state index in [-0.39, 0.29) is 23.8 Å². The van der Waals surface area contributed by atoms with Gasteiger partial charge in [0.2, 0.25) is 5.91 Å². The monoisotopic (exact) mass is 533 g/mol. The first-order chi connectivity index (χ1) is 18.5. The number of anilines is 1. The van der Waals surface area contributed by atoms with Crippen molar-refractivity contribution in [1.29, 1.82) is 0 Å². The van der Waals surface area contributed by atoms with Crippen LogP contribution in [0, 0.1) is 5.82 Å². The van der Waals surface area contributed by atoms with E-state index in [4.69, 9.17) is 11.6 Å². The third-order valence-corrected chi connectivity index (χ3v) is 7.37. The molecule has 0 saturated carbocycles. The number of imidazole rings is 1. The van der Waals surface area contributed by atoms with Gasteiger partial charge in [-0.15, -0.1) is 5.10 Å². The molecule has 1 aromatic carbocycles. The molecule has 5 heterocycles.